The van der Waals surface area contributed by atoms with Gasteiger partial charge in [0.1, 0.15) is 0 Å². The van der Waals surface area contributed by atoms with Crippen molar-refractivity contribution in [1.82, 2.24) is 0 Å². The van der Waals surface area contributed by atoms with Crippen LogP contribution in [-0.2, 0) is 0 Å². The highest BCUT2D eigenvalue weighted by Gasteiger charge is 2.03. The van der Waals surface area contributed by atoms with E-state index in [1.54, 1.807) is 30.3 Å². The summed E-state index contributed by atoms with van der Waals surface area (Å²) >= 11 is 0. The van der Waals surface area contributed by atoms with Crippen molar-refractivity contribution >= 4 is 11.4 Å². The fourth-order valence-electron chi connectivity index (χ4n) is 1.64. The predicted molar refractivity (Wildman–Crippen MR) is 69.5 cm³/mol. The number of hydrogen-bond acceptors (Lipinski definition) is 2. The maximum absolute atomic E-state index is 8.52. The first kappa shape index (κ1) is 11.5. The Kier molecular flexibility index (Phi) is 3.47. The summed E-state index contributed by atoms with van der Waals surface area (Å²) in [5.74, 6) is 0. The molecule has 2 aromatic rings. The molecule has 0 aliphatic rings. The van der Waals surface area contributed by atoms with Gasteiger partial charge in [0, 0.05) is 21.2 Å². The molecule has 0 aromatic heterocycles. The van der Waals surface area contributed by atoms with Gasteiger partial charge < -0.3 is 0 Å². The lowest BCUT2D eigenvalue weighted by Gasteiger charge is -2.05. The first-order valence-electron chi connectivity index (χ1n) is 5.15. The minimum Gasteiger partial charge on any atom is -0.0618 e. The topological polar surface area (TPSA) is 97.5 Å². The lowest BCUT2D eigenvalue weighted by molar-refractivity contribution is 1.44. The second-order valence-corrected chi connectivity index (χ2v) is 3.45. The number of nitrogens with zero attached hydrogens (tertiary/aromatic N) is 6. The molecule has 6 nitrogen and oxygen atoms in total. The van der Waals surface area contributed by atoms with Crippen molar-refractivity contribution in [1.29, 1.82) is 0 Å². The Morgan fingerprint density at radius 3 is 2.39 bits per heavy atom. The lowest BCUT2D eigenvalue weighted by Crippen LogP contribution is -1.77. The Morgan fingerprint density at radius 1 is 0.833 bits per heavy atom. The quantitative estimate of drug-likeness (QED) is 0.395. The van der Waals surface area contributed by atoms with Gasteiger partial charge in [0.2, 0.25) is 0 Å². The zero-order valence-corrected chi connectivity index (χ0v) is 9.30. The van der Waals surface area contributed by atoms with Gasteiger partial charge >= 0.3 is 0 Å². The second-order valence-electron chi connectivity index (χ2n) is 3.45. The largest absolute Gasteiger partial charge is 0.0618 e. The van der Waals surface area contributed by atoms with Gasteiger partial charge in [-0.2, -0.15) is 0 Å². The van der Waals surface area contributed by atoms with Crippen molar-refractivity contribution in [3.05, 3.63) is 69.4 Å². The SMILES string of the molecule is [N-]=[N+]=Nc1cccc(-c2ccccc2N=[N+]=[N-])c1. The Morgan fingerprint density at radius 2 is 1.61 bits per heavy atom. The van der Waals surface area contributed by atoms with Crippen LogP contribution in [0.5, 0.6) is 0 Å². The van der Waals surface area contributed by atoms with Crippen LogP contribution >= 0.6 is 0 Å². The summed E-state index contributed by atoms with van der Waals surface area (Å²) in [6.45, 7) is 0. The van der Waals surface area contributed by atoms with Gasteiger partial charge in [-0.05, 0) is 28.3 Å². The van der Waals surface area contributed by atoms with Gasteiger partial charge in [-0.15, -0.1) is 0 Å². The maximum atomic E-state index is 8.52. The van der Waals surface area contributed by atoms with E-state index in [1.165, 1.54) is 0 Å². The molecule has 0 atom stereocenters. The summed E-state index contributed by atoms with van der Waals surface area (Å²) in [7, 11) is 0. The van der Waals surface area contributed by atoms with Gasteiger partial charge in [-0.1, -0.05) is 52.7 Å². The van der Waals surface area contributed by atoms with Crippen LogP contribution in [-0.4, -0.2) is 0 Å². The van der Waals surface area contributed by atoms with E-state index in [2.05, 4.69) is 20.1 Å². The third-order valence-corrected chi connectivity index (χ3v) is 2.37. The molecule has 2 rings (SSSR count). The molecule has 0 saturated carbocycles. The Hall–Kier alpha value is -2.94. The molecule has 6 heteroatoms. The third kappa shape index (κ3) is 2.41. The zero-order chi connectivity index (χ0) is 12.8. The first-order valence-corrected chi connectivity index (χ1v) is 5.15. The summed E-state index contributed by atoms with van der Waals surface area (Å²) in [5.41, 5.74) is 19.6. The summed E-state index contributed by atoms with van der Waals surface area (Å²) in [5, 5.41) is 7.18. The van der Waals surface area contributed by atoms with Gasteiger partial charge in [0.25, 0.3) is 0 Å². The van der Waals surface area contributed by atoms with E-state index in [0.717, 1.165) is 11.1 Å². The van der Waals surface area contributed by atoms with Crippen LogP contribution < -0.4 is 0 Å². The molecule has 0 radical (unpaired) electrons. The molecule has 0 heterocycles. The molecule has 0 spiro atoms. The molecule has 2 aromatic carbocycles. The number of rotatable bonds is 3. The molecule has 86 valence electrons. The standard InChI is InChI=1S/C12H8N6/c13-17-15-10-5-3-4-9(8-10)11-6-1-2-7-12(11)16-18-14/h1-8H. The maximum Gasteiger partial charge on any atom is 0.0453 e. The lowest BCUT2D eigenvalue weighted by atomic mass is 10.0. The van der Waals surface area contributed by atoms with E-state index in [9.17, 15) is 0 Å². The molecular formula is C12H8N6. The van der Waals surface area contributed by atoms with Crippen LogP contribution in [0.25, 0.3) is 32.0 Å². The van der Waals surface area contributed by atoms with Crippen molar-refractivity contribution in [3.8, 4) is 11.1 Å². The molecule has 0 fully saturated rings. The normalized spacial score (nSPS) is 9.11. The van der Waals surface area contributed by atoms with E-state index in [1.807, 2.05) is 18.2 Å². The van der Waals surface area contributed by atoms with E-state index in [4.69, 9.17) is 11.1 Å². The monoisotopic (exact) mass is 236 g/mol. The van der Waals surface area contributed by atoms with E-state index in [0.29, 0.717) is 11.4 Å². The van der Waals surface area contributed by atoms with Crippen LogP contribution in [0.15, 0.2) is 58.8 Å². The average molecular weight is 236 g/mol. The van der Waals surface area contributed by atoms with E-state index >= 15 is 0 Å². The van der Waals surface area contributed by atoms with Crippen LogP contribution in [0.4, 0.5) is 11.4 Å². The van der Waals surface area contributed by atoms with E-state index in [-0.39, 0.29) is 0 Å². The zero-order valence-electron chi connectivity index (χ0n) is 9.30. The Labute approximate surface area is 103 Å². The van der Waals surface area contributed by atoms with Gasteiger partial charge in [-0.3, -0.25) is 0 Å². The average Bonchev–Trinajstić information content (AvgIpc) is 2.40. The van der Waals surface area contributed by atoms with Crippen molar-refractivity contribution in [3.63, 3.8) is 0 Å². The van der Waals surface area contributed by atoms with Crippen molar-refractivity contribution in [2.24, 2.45) is 10.2 Å². The van der Waals surface area contributed by atoms with Crippen LogP contribution in [0, 0.1) is 0 Å². The first-order chi connectivity index (χ1) is 8.85. The van der Waals surface area contributed by atoms with Gasteiger partial charge in [0.15, 0.2) is 0 Å². The highest BCUT2D eigenvalue weighted by atomic mass is 15.1. The second kappa shape index (κ2) is 5.41. The smallest absolute Gasteiger partial charge is 0.0453 e. The number of benzene rings is 2. The minimum atomic E-state index is 0.519. The van der Waals surface area contributed by atoms with Crippen LogP contribution in [0.1, 0.15) is 0 Å². The van der Waals surface area contributed by atoms with Crippen molar-refractivity contribution in [2.45, 2.75) is 0 Å². The Bertz CT molecular complexity index is 666. The van der Waals surface area contributed by atoms with Gasteiger partial charge in [-0.25, -0.2) is 0 Å². The molecule has 0 aliphatic heterocycles. The molecule has 0 bridgehead atoms. The molecule has 0 amide bonds. The fraction of sp³-hybridized carbons (Fsp3) is 0. The fourth-order valence-corrected chi connectivity index (χ4v) is 1.64. The number of azide groups is 2. The molecule has 0 aliphatic carbocycles. The van der Waals surface area contributed by atoms with Gasteiger partial charge in [0.05, 0.1) is 0 Å². The molecule has 0 unspecified atom stereocenters. The highest BCUT2D eigenvalue weighted by molar-refractivity contribution is 5.77. The highest BCUT2D eigenvalue weighted by Crippen LogP contribution is 2.32. The predicted octanol–water partition coefficient (Wildman–Crippen LogP) is 5.24. The van der Waals surface area contributed by atoms with E-state index < -0.39 is 0 Å². The summed E-state index contributed by atoms with van der Waals surface area (Å²) in [6, 6.07) is 14.3. The van der Waals surface area contributed by atoms with Crippen molar-refractivity contribution < 1.29 is 0 Å². The summed E-state index contributed by atoms with van der Waals surface area (Å²) in [4.78, 5) is 5.54. The molecular weight excluding hydrogens is 228 g/mol. The molecule has 0 N–H and O–H groups in total. The summed E-state index contributed by atoms with van der Waals surface area (Å²) in [6.07, 6.45) is 0. The van der Waals surface area contributed by atoms with Crippen molar-refractivity contribution in [2.75, 3.05) is 0 Å². The van der Waals surface area contributed by atoms with Crippen LogP contribution in [0.2, 0.25) is 0 Å². The summed E-state index contributed by atoms with van der Waals surface area (Å²) < 4.78 is 0. The van der Waals surface area contributed by atoms with Crippen LogP contribution in [0.3, 0.4) is 0 Å². The third-order valence-electron chi connectivity index (χ3n) is 2.37. The minimum absolute atomic E-state index is 0.519. The molecule has 18 heavy (non-hydrogen) atoms. The number of hydrogen-bond donors (Lipinski definition) is 0. The Balaban J connectivity index is 2.58. The molecule has 0 saturated heterocycles.